The van der Waals surface area contributed by atoms with Crippen LogP contribution < -0.4 is 15.2 Å². The molecule has 0 saturated heterocycles. The quantitative estimate of drug-likeness (QED) is 0.587. The van der Waals surface area contributed by atoms with Gasteiger partial charge >= 0.3 is 0 Å². The highest BCUT2D eigenvalue weighted by molar-refractivity contribution is 14.1. The second-order valence-corrected chi connectivity index (χ2v) is 6.95. The summed E-state index contributed by atoms with van der Waals surface area (Å²) in [7, 11) is -2.51. The monoisotopic (exact) mass is 422 g/mol. The Hall–Kier alpha value is -1.55. The second kappa shape index (κ2) is 6.06. The summed E-state index contributed by atoms with van der Waals surface area (Å²) < 4.78 is 45.7. The van der Waals surface area contributed by atoms with Crippen molar-refractivity contribution in [3.8, 4) is 5.75 Å². The molecule has 21 heavy (non-hydrogen) atoms. The van der Waals surface area contributed by atoms with Crippen LogP contribution in [0.5, 0.6) is 5.75 Å². The van der Waals surface area contributed by atoms with Gasteiger partial charge in [-0.1, -0.05) is 0 Å². The summed E-state index contributed by atoms with van der Waals surface area (Å²) in [6, 6.07) is 8.01. The van der Waals surface area contributed by atoms with E-state index in [1.165, 1.54) is 43.5 Å². The van der Waals surface area contributed by atoms with E-state index < -0.39 is 15.8 Å². The highest BCUT2D eigenvalue weighted by Crippen LogP contribution is 2.29. The minimum Gasteiger partial charge on any atom is -0.495 e. The number of hydrogen-bond donors (Lipinski definition) is 2. The van der Waals surface area contributed by atoms with Gasteiger partial charge < -0.3 is 10.5 Å². The predicted molar refractivity (Wildman–Crippen MR) is 87.3 cm³/mol. The Kier molecular flexibility index (Phi) is 4.57. The van der Waals surface area contributed by atoms with Gasteiger partial charge in [0.05, 0.1) is 12.8 Å². The number of halogens is 2. The Labute approximate surface area is 135 Å². The van der Waals surface area contributed by atoms with Gasteiger partial charge in [-0.2, -0.15) is 0 Å². The standard InChI is InChI=1S/C13H12FIN2O3S/c1-20-12-7-9(16)3-5-13(12)21(18,19)17-11-4-2-8(14)6-10(11)15/h2-7,17H,16H2,1H3. The fraction of sp³-hybridized carbons (Fsp3) is 0.0769. The summed E-state index contributed by atoms with van der Waals surface area (Å²) in [4.78, 5) is -0.0423. The lowest BCUT2D eigenvalue weighted by Crippen LogP contribution is -2.15. The van der Waals surface area contributed by atoms with Gasteiger partial charge in [0.15, 0.2) is 0 Å². The highest BCUT2D eigenvalue weighted by atomic mass is 127. The molecule has 0 fully saturated rings. The highest BCUT2D eigenvalue weighted by Gasteiger charge is 2.20. The Balaban J connectivity index is 2.43. The summed E-state index contributed by atoms with van der Waals surface area (Å²) >= 11 is 1.85. The van der Waals surface area contributed by atoms with Gasteiger partial charge in [0.1, 0.15) is 16.5 Å². The van der Waals surface area contributed by atoms with Crippen molar-refractivity contribution in [2.24, 2.45) is 0 Å². The number of nitrogen functional groups attached to an aromatic ring is 1. The van der Waals surface area contributed by atoms with E-state index in [-0.39, 0.29) is 16.3 Å². The molecule has 2 rings (SSSR count). The van der Waals surface area contributed by atoms with Crippen molar-refractivity contribution >= 4 is 44.0 Å². The first-order valence-corrected chi connectivity index (χ1v) is 8.31. The molecule has 0 saturated carbocycles. The van der Waals surface area contributed by atoms with Gasteiger partial charge in [-0.05, 0) is 52.9 Å². The molecular weight excluding hydrogens is 410 g/mol. The van der Waals surface area contributed by atoms with Gasteiger partial charge in [0.25, 0.3) is 10.0 Å². The van der Waals surface area contributed by atoms with E-state index in [1.54, 1.807) is 0 Å². The fourth-order valence-electron chi connectivity index (χ4n) is 1.68. The number of ether oxygens (including phenoxy) is 1. The van der Waals surface area contributed by atoms with Gasteiger partial charge in [0, 0.05) is 15.3 Å². The van der Waals surface area contributed by atoms with Crippen molar-refractivity contribution < 1.29 is 17.5 Å². The molecule has 0 aliphatic carbocycles. The van der Waals surface area contributed by atoms with Crippen LogP contribution in [0.1, 0.15) is 0 Å². The molecule has 0 aromatic heterocycles. The molecule has 0 bridgehead atoms. The molecule has 0 aliphatic heterocycles. The third kappa shape index (κ3) is 3.56. The van der Waals surface area contributed by atoms with E-state index in [9.17, 15) is 12.8 Å². The van der Waals surface area contributed by atoms with Crippen molar-refractivity contribution in [3.05, 3.63) is 45.8 Å². The number of rotatable bonds is 4. The Morgan fingerprint density at radius 3 is 2.57 bits per heavy atom. The molecule has 0 radical (unpaired) electrons. The van der Waals surface area contributed by atoms with Crippen molar-refractivity contribution in [3.63, 3.8) is 0 Å². The fourth-order valence-corrected chi connectivity index (χ4v) is 3.71. The van der Waals surface area contributed by atoms with E-state index >= 15 is 0 Å². The number of hydrogen-bond acceptors (Lipinski definition) is 4. The van der Waals surface area contributed by atoms with Gasteiger partial charge in [-0.3, -0.25) is 4.72 Å². The first-order valence-electron chi connectivity index (χ1n) is 5.75. The molecule has 112 valence electrons. The molecule has 8 heteroatoms. The van der Waals surface area contributed by atoms with Crippen LogP contribution in [0.2, 0.25) is 0 Å². The van der Waals surface area contributed by atoms with Gasteiger partial charge in [-0.25, -0.2) is 12.8 Å². The molecule has 0 spiro atoms. The molecule has 2 aromatic rings. The SMILES string of the molecule is COc1cc(N)ccc1S(=O)(=O)Nc1ccc(F)cc1I. The van der Waals surface area contributed by atoms with Crippen molar-refractivity contribution in [1.29, 1.82) is 0 Å². The van der Waals surface area contributed by atoms with Crippen LogP contribution in [0.3, 0.4) is 0 Å². The predicted octanol–water partition coefficient (Wildman–Crippen LogP) is 2.82. The van der Waals surface area contributed by atoms with Crippen LogP contribution in [0.4, 0.5) is 15.8 Å². The summed E-state index contributed by atoms with van der Waals surface area (Å²) in [6.45, 7) is 0. The van der Waals surface area contributed by atoms with Crippen LogP contribution in [0.25, 0.3) is 0 Å². The maximum absolute atomic E-state index is 13.1. The van der Waals surface area contributed by atoms with E-state index in [0.29, 0.717) is 9.26 Å². The largest absolute Gasteiger partial charge is 0.495 e. The van der Waals surface area contributed by atoms with E-state index in [4.69, 9.17) is 10.5 Å². The molecule has 3 N–H and O–H groups in total. The van der Waals surface area contributed by atoms with Crippen molar-refractivity contribution in [1.82, 2.24) is 0 Å². The lowest BCUT2D eigenvalue weighted by atomic mass is 10.3. The summed E-state index contributed by atoms with van der Waals surface area (Å²) in [5.41, 5.74) is 6.28. The zero-order valence-electron chi connectivity index (χ0n) is 10.9. The van der Waals surface area contributed by atoms with E-state index in [0.717, 1.165) is 0 Å². The molecule has 2 aromatic carbocycles. The number of nitrogens with two attached hydrogens (primary N) is 1. The molecule has 0 amide bonds. The van der Waals surface area contributed by atoms with Crippen LogP contribution in [0, 0.1) is 9.39 Å². The number of methoxy groups -OCH3 is 1. The molecular formula is C13H12FIN2O3S. The lowest BCUT2D eigenvalue weighted by Gasteiger charge is -2.13. The number of benzene rings is 2. The topological polar surface area (TPSA) is 81.4 Å². The second-order valence-electron chi connectivity index (χ2n) is 4.14. The van der Waals surface area contributed by atoms with E-state index in [1.807, 2.05) is 22.6 Å². The normalized spacial score (nSPS) is 11.2. The minimum atomic E-state index is -3.87. The zero-order chi connectivity index (χ0) is 15.6. The lowest BCUT2D eigenvalue weighted by molar-refractivity contribution is 0.403. The summed E-state index contributed by atoms with van der Waals surface area (Å²) in [5.74, 6) is -0.299. The van der Waals surface area contributed by atoms with Crippen LogP contribution in [-0.2, 0) is 10.0 Å². The van der Waals surface area contributed by atoms with Gasteiger partial charge in [0.2, 0.25) is 0 Å². The minimum absolute atomic E-state index is 0.0423. The molecule has 5 nitrogen and oxygen atoms in total. The molecule has 0 unspecified atom stereocenters. The smallest absolute Gasteiger partial charge is 0.265 e. The Morgan fingerprint density at radius 1 is 1.24 bits per heavy atom. The first kappa shape index (κ1) is 15.8. The Morgan fingerprint density at radius 2 is 1.95 bits per heavy atom. The third-order valence-electron chi connectivity index (χ3n) is 2.65. The summed E-state index contributed by atoms with van der Waals surface area (Å²) in [6.07, 6.45) is 0. The number of nitrogens with one attached hydrogen (secondary N) is 1. The maximum Gasteiger partial charge on any atom is 0.265 e. The van der Waals surface area contributed by atoms with E-state index in [2.05, 4.69) is 4.72 Å². The molecule has 0 heterocycles. The first-order chi connectivity index (χ1) is 9.83. The van der Waals surface area contributed by atoms with Crippen molar-refractivity contribution in [2.45, 2.75) is 4.90 Å². The zero-order valence-corrected chi connectivity index (χ0v) is 13.9. The van der Waals surface area contributed by atoms with Crippen LogP contribution in [-0.4, -0.2) is 15.5 Å². The number of sulfonamides is 1. The maximum atomic E-state index is 13.1. The van der Waals surface area contributed by atoms with Crippen molar-refractivity contribution in [2.75, 3.05) is 17.6 Å². The third-order valence-corrected chi connectivity index (χ3v) is 4.95. The molecule has 0 atom stereocenters. The average molecular weight is 422 g/mol. The summed E-state index contributed by atoms with van der Waals surface area (Å²) in [5, 5.41) is 0. The average Bonchev–Trinajstić information content (AvgIpc) is 2.41. The van der Waals surface area contributed by atoms with Crippen LogP contribution in [0.15, 0.2) is 41.3 Å². The van der Waals surface area contributed by atoms with Crippen LogP contribution >= 0.6 is 22.6 Å². The van der Waals surface area contributed by atoms with Gasteiger partial charge in [-0.15, -0.1) is 0 Å². The Bertz CT molecular complexity index is 781. The number of anilines is 2. The molecule has 0 aliphatic rings.